The van der Waals surface area contributed by atoms with E-state index in [4.69, 9.17) is 5.73 Å². The van der Waals surface area contributed by atoms with Crippen molar-refractivity contribution in [1.82, 2.24) is 19.6 Å². The molecule has 0 aliphatic rings. The third-order valence-corrected chi connectivity index (χ3v) is 3.26. The standard InChI is InChI=1S/C16H16N6/c1-11-3-4-13(8-18-11)14(7-17)9-19-15-10-20-22-6-5-12(2)21-16(15)22/h3-10H,17H2,1-2H3. The molecule has 0 fully saturated rings. The summed E-state index contributed by atoms with van der Waals surface area (Å²) in [6.45, 7) is 3.88. The number of aromatic nitrogens is 4. The molecule has 0 spiro atoms. The first-order chi connectivity index (χ1) is 10.7. The van der Waals surface area contributed by atoms with E-state index < -0.39 is 0 Å². The molecule has 3 heterocycles. The van der Waals surface area contributed by atoms with Gasteiger partial charge in [-0.25, -0.2) is 9.50 Å². The van der Waals surface area contributed by atoms with Crippen molar-refractivity contribution in [2.24, 2.45) is 10.7 Å². The maximum absolute atomic E-state index is 5.70. The summed E-state index contributed by atoms with van der Waals surface area (Å²) in [5, 5.41) is 4.23. The molecule has 0 bridgehead atoms. The van der Waals surface area contributed by atoms with Crippen molar-refractivity contribution < 1.29 is 0 Å². The number of nitrogens with zero attached hydrogens (tertiary/aromatic N) is 5. The Balaban J connectivity index is 1.94. The second-order valence-corrected chi connectivity index (χ2v) is 4.94. The van der Waals surface area contributed by atoms with Crippen LogP contribution < -0.4 is 5.73 Å². The normalized spacial score (nSPS) is 12.4. The van der Waals surface area contributed by atoms with Gasteiger partial charge < -0.3 is 5.73 Å². The molecule has 0 aliphatic heterocycles. The molecule has 0 amide bonds. The van der Waals surface area contributed by atoms with Crippen LogP contribution in [-0.2, 0) is 0 Å². The zero-order valence-electron chi connectivity index (χ0n) is 12.4. The lowest BCUT2D eigenvalue weighted by Crippen LogP contribution is -1.93. The Morgan fingerprint density at radius 2 is 2.05 bits per heavy atom. The topological polar surface area (TPSA) is 81.5 Å². The summed E-state index contributed by atoms with van der Waals surface area (Å²) in [6.07, 6.45) is 8.53. The van der Waals surface area contributed by atoms with E-state index in [-0.39, 0.29) is 0 Å². The first-order valence-electron chi connectivity index (χ1n) is 6.87. The van der Waals surface area contributed by atoms with Crippen molar-refractivity contribution >= 4 is 23.1 Å². The second kappa shape index (κ2) is 5.77. The molecule has 0 saturated heterocycles. The van der Waals surface area contributed by atoms with Crippen LogP contribution in [-0.4, -0.2) is 25.8 Å². The van der Waals surface area contributed by atoms with E-state index in [1.165, 1.54) is 6.20 Å². The number of nitrogens with two attached hydrogens (primary N) is 1. The Morgan fingerprint density at radius 1 is 1.18 bits per heavy atom. The average Bonchev–Trinajstić information content (AvgIpc) is 2.92. The highest BCUT2D eigenvalue weighted by Crippen LogP contribution is 2.19. The van der Waals surface area contributed by atoms with Crippen LogP contribution in [0.1, 0.15) is 17.0 Å². The van der Waals surface area contributed by atoms with Gasteiger partial charge in [0.2, 0.25) is 0 Å². The summed E-state index contributed by atoms with van der Waals surface area (Å²) >= 11 is 0. The maximum Gasteiger partial charge on any atom is 0.181 e. The lowest BCUT2D eigenvalue weighted by molar-refractivity contribution is 0.929. The van der Waals surface area contributed by atoms with E-state index >= 15 is 0 Å². The van der Waals surface area contributed by atoms with Crippen LogP contribution in [0.3, 0.4) is 0 Å². The summed E-state index contributed by atoms with van der Waals surface area (Å²) in [4.78, 5) is 13.2. The molecule has 22 heavy (non-hydrogen) atoms. The third-order valence-electron chi connectivity index (χ3n) is 3.26. The molecule has 0 aliphatic carbocycles. The molecule has 3 aromatic heterocycles. The van der Waals surface area contributed by atoms with Gasteiger partial charge in [-0.15, -0.1) is 0 Å². The molecule has 0 saturated carbocycles. The van der Waals surface area contributed by atoms with E-state index in [1.54, 1.807) is 23.1 Å². The molecule has 3 aromatic rings. The summed E-state index contributed by atoms with van der Waals surface area (Å²) in [6, 6.07) is 5.80. The molecule has 110 valence electrons. The zero-order chi connectivity index (χ0) is 15.5. The van der Waals surface area contributed by atoms with Crippen molar-refractivity contribution in [1.29, 1.82) is 0 Å². The third kappa shape index (κ3) is 2.71. The number of hydrogen-bond donors (Lipinski definition) is 1. The lowest BCUT2D eigenvalue weighted by Gasteiger charge is -2.01. The minimum Gasteiger partial charge on any atom is -0.404 e. The molecule has 3 rings (SSSR count). The van der Waals surface area contributed by atoms with Gasteiger partial charge in [0.25, 0.3) is 0 Å². The zero-order valence-corrected chi connectivity index (χ0v) is 12.4. The van der Waals surface area contributed by atoms with E-state index in [9.17, 15) is 0 Å². The van der Waals surface area contributed by atoms with Crippen molar-refractivity contribution in [3.8, 4) is 0 Å². The second-order valence-electron chi connectivity index (χ2n) is 4.94. The molecule has 0 aromatic carbocycles. The van der Waals surface area contributed by atoms with Crippen molar-refractivity contribution in [2.45, 2.75) is 13.8 Å². The van der Waals surface area contributed by atoms with Gasteiger partial charge in [0.05, 0.1) is 6.20 Å². The molecule has 0 unspecified atom stereocenters. The SMILES string of the molecule is Cc1ccc(C(C=Nc2cnn3ccc(C)nc23)=CN)cn1. The number of fused-ring (bicyclic) bond motifs is 1. The molecule has 6 nitrogen and oxygen atoms in total. The fourth-order valence-corrected chi connectivity index (χ4v) is 2.03. The predicted molar refractivity (Wildman–Crippen MR) is 87.0 cm³/mol. The van der Waals surface area contributed by atoms with Crippen LogP contribution in [0.5, 0.6) is 0 Å². The number of allylic oxidation sites excluding steroid dienone is 1. The lowest BCUT2D eigenvalue weighted by atomic mass is 10.1. The Bertz CT molecular complexity index is 858. The molecular weight excluding hydrogens is 276 g/mol. The first kappa shape index (κ1) is 13.9. The average molecular weight is 292 g/mol. The van der Waals surface area contributed by atoms with Crippen LogP contribution >= 0.6 is 0 Å². The largest absolute Gasteiger partial charge is 0.404 e. The summed E-state index contributed by atoms with van der Waals surface area (Å²) < 4.78 is 1.69. The minimum absolute atomic E-state index is 0.697. The van der Waals surface area contributed by atoms with Gasteiger partial charge in [0.15, 0.2) is 5.65 Å². The van der Waals surface area contributed by atoms with Gasteiger partial charge in [0, 0.05) is 47.3 Å². The van der Waals surface area contributed by atoms with E-state index in [0.29, 0.717) is 5.69 Å². The van der Waals surface area contributed by atoms with Crippen LogP contribution in [0.25, 0.3) is 11.2 Å². The first-order valence-corrected chi connectivity index (χ1v) is 6.87. The van der Waals surface area contributed by atoms with Gasteiger partial charge in [-0.05, 0) is 26.0 Å². The van der Waals surface area contributed by atoms with Crippen LogP contribution in [0.15, 0.2) is 48.0 Å². The summed E-state index contributed by atoms with van der Waals surface area (Å²) in [5.41, 5.74) is 10.7. The monoisotopic (exact) mass is 292 g/mol. The van der Waals surface area contributed by atoms with Crippen molar-refractivity contribution in [3.05, 3.63) is 59.9 Å². The Labute approximate surface area is 128 Å². The van der Waals surface area contributed by atoms with Crippen molar-refractivity contribution in [2.75, 3.05) is 0 Å². The van der Waals surface area contributed by atoms with Crippen LogP contribution in [0.2, 0.25) is 0 Å². The smallest absolute Gasteiger partial charge is 0.181 e. The fourth-order valence-electron chi connectivity index (χ4n) is 2.03. The number of aryl methyl sites for hydroxylation is 2. The maximum atomic E-state index is 5.70. The molecule has 6 heteroatoms. The van der Waals surface area contributed by atoms with Gasteiger partial charge in [-0.1, -0.05) is 6.07 Å². The van der Waals surface area contributed by atoms with E-state index in [2.05, 4.69) is 20.1 Å². The Hall–Kier alpha value is -3.02. The van der Waals surface area contributed by atoms with Crippen LogP contribution in [0.4, 0.5) is 5.69 Å². The highest BCUT2D eigenvalue weighted by atomic mass is 15.2. The summed E-state index contributed by atoms with van der Waals surface area (Å²) in [5.74, 6) is 0. The van der Waals surface area contributed by atoms with Gasteiger partial charge in [0.1, 0.15) is 5.69 Å². The quantitative estimate of drug-likeness (QED) is 0.752. The minimum atomic E-state index is 0.697. The van der Waals surface area contributed by atoms with Gasteiger partial charge >= 0.3 is 0 Å². The molecular formula is C16H16N6. The molecule has 2 N–H and O–H groups in total. The van der Waals surface area contributed by atoms with Gasteiger partial charge in [-0.3, -0.25) is 9.98 Å². The Kier molecular flexibility index (Phi) is 3.65. The van der Waals surface area contributed by atoms with E-state index in [1.807, 2.05) is 38.2 Å². The highest BCUT2D eigenvalue weighted by molar-refractivity contribution is 6.10. The van der Waals surface area contributed by atoms with Gasteiger partial charge in [-0.2, -0.15) is 5.10 Å². The van der Waals surface area contributed by atoms with Crippen LogP contribution in [0, 0.1) is 13.8 Å². The molecule has 0 atom stereocenters. The predicted octanol–water partition coefficient (Wildman–Crippen LogP) is 2.44. The molecule has 0 radical (unpaired) electrons. The number of hydrogen-bond acceptors (Lipinski definition) is 5. The highest BCUT2D eigenvalue weighted by Gasteiger charge is 2.05. The fraction of sp³-hybridized carbons (Fsp3) is 0.125. The summed E-state index contributed by atoms with van der Waals surface area (Å²) in [7, 11) is 0. The number of rotatable bonds is 3. The number of aliphatic imine (C=N–C) groups is 1. The Morgan fingerprint density at radius 3 is 2.77 bits per heavy atom. The van der Waals surface area contributed by atoms with Crippen molar-refractivity contribution in [3.63, 3.8) is 0 Å². The number of pyridine rings is 1. The van der Waals surface area contributed by atoms with E-state index in [0.717, 1.165) is 28.2 Å².